The first kappa shape index (κ1) is 11.9. The molecule has 2 aliphatic heterocycles. The molecule has 3 fully saturated rings. The third-order valence-electron chi connectivity index (χ3n) is 4.94. The Morgan fingerprint density at radius 3 is 2.53 bits per heavy atom. The minimum absolute atomic E-state index is 0.0572. The highest BCUT2D eigenvalue weighted by Gasteiger charge is 2.51. The average Bonchev–Trinajstić information content (AvgIpc) is 2.52. The first-order chi connectivity index (χ1) is 7.93. The monoisotopic (exact) mass is 259 g/mol. The molecule has 0 aromatic carbocycles. The van der Waals surface area contributed by atoms with Crippen molar-refractivity contribution in [1.29, 1.82) is 0 Å². The Morgan fingerprint density at radius 2 is 2.00 bits per heavy atom. The van der Waals surface area contributed by atoms with Gasteiger partial charge in [-0.1, -0.05) is 0 Å². The summed E-state index contributed by atoms with van der Waals surface area (Å²) in [6.07, 6.45) is 6.03. The maximum Gasteiger partial charge on any atom is 0.152 e. The number of sulfone groups is 1. The molecule has 5 heteroatoms. The van der Waals surface area contributed by atoms with Gasteiger partial charge in [-0.2, -0.15) is 0 Å². The van der Waals surface area contributed by atoms with Gasteiger partial charge in [0.1, 0.15) is 0 Å². The molecule has 2 N–H and O–H groups in total. The molecule has 0 amide bonds. The summed E-state index contributed by atoms with van der Waals surface area (Å²) in [6, 6.07) is 0. The van der Waals surface area contributed by atoms with Gasteiger partial charge in [-0.05, 0) is 44.4 Å². The molecule has 98 valence electrons. The normalized spacial score (nSPS) is 43.5. The van der Waals surface area contributed by atoms with Gasteiger partial charge in [0.15, 0.2) is 9.84 Å². The van der Waals surface area contributed by atoms with Crippen molar-refractivity contribution in [2.75, 3.05) is 18.1 Å². The van der Waals surface area contributed by atoms with Crippen LogP contribution in [0.25, 0.3) is 0 Å². The largest absolute Gasteiger partial charge is 0.375 e. The van der Waals surface area contributed by atoms with Crippen LogP contribution in [-0.4, -0.2) is 37.7 Å². The maximum absolute atomic E-state index is 11.6. The Hall–Kier alpha value is -0.130. The molecule has 17 heavy (non-hydrogen) atoms. The van der Waals surface area contributed by atoms with E-state index in [0.717, 1.165) is 32.3 Å². The van der Waals surface area contributed by atoms with Gasteiger partial charge < -0.3 is 10.5 Å². The van der Waals surface area contributed by atoms with Gasteiger partial charge >= 0.3 is 0 Å². The van der Waals surface area contributed by atoms with Crippen LogP contribution in [0.15, 0.2) is 0 Å². The summed E-state index contributed by atoms with van der Waals surface area (Å²) in [4.78, 5) is 0. The van der Waals surface area contributed by atoms with Crippen molar-refractivity contribution >= 4 is 9.84 Å². The molecular formula is C12H21NO3S. The molecule has 3 aliphatic rings. The standard InChI is InChI=1S/C12H21NO3S/c13-12(5-7-17(14,15)9-12)10-2-6-16-11(8-10)3-1-4-11/h10H,1-9,13H2. The van der Waals surface area contributed by atoms with Gasteiger partial charge in [0.05, 0.1) is 17.1 Å². The Kier molecular flexibility index (Phi) is 2.58. The average molecular weight is 259 g/mol. The van der Waals surface area contributed by atoms with Crippen LogP contribution in [0.4, 0.5) is 0 Å². The maximum atomic E-state index is 11.6. The molecule has 2 atom stereocenters. The van der Waals surface area contributed by atoms with Crippen LogP contribution >= 0.6 is 0 Å². The van der Waals surface area contributed by atoms with Crippen molar-refractivity contribution in [2.24, 2.45) is 11.7 Å². The molecule has 3 rings (SSSR count). The molecule has 1 saturated carbocycles. The molecule has 0 aromatic heterocycles. The van der Waals surface area contributed by atoms with Crippen LogP contribution in [0.3, 0.4) is 0 Å². The molecular weight excluding hydrogens is 238 g/mol. The summed E-state index contributed by atoms with van der Waals surface area (Å²) in [5, 5.41) is 0. The minimum atomic E-state index is -2.90. The van der Waals surface area contributed by atoms with E-state index in [1.54, 1.807) is 0 Å². The second-order valence-corrected chi connectivity index (χ2v) is 8.33. The summed E-state index contributed by atoms with van der Waals surface area (Å²) < 4.78 is 29.1. The van der Waals surface area contributed by atoms with Crippen molar-refractivity contribution in [1.82, 2.24) is 0 Å². The van der Waals surface area contributed by atoms with Crippen LogP contribution < -0.4 is 5.73 Å². The number of rotatable bonds is 1. The van der Waals surface area contributed by atoms with Crippen LogP contribution in [-0.2, 0) is 14.6 Å². The predicted octanol–water partition coefficient (Wildman–Crippen LogP) is 0.852. The number of hydrogen-bond acceptors (Lipinski definition) is 4. The van der Waals surface area contributed by atoms with Crippen LogP contribution in [0.2, 0.25) is 0 Å². The number of nitrogens with two attached hydrogens (primary N) is 1. The van der Waals surface area contributed by atoms with Gasteiger partial charge in [-0.15, -0.1) is 0 Å². The molecule has 4 nitrogen and oxygen atoms in total. The van der Waals surface area contributed by atoms with E-state index in [1.807, 2.05) is 0 Å². The third kappa shape index (κ3) is 2.02. The molecule has 2 heterocycles. The fourth-order valence-electron chi connectivity index (χ4n) is 3.66. The highest BCUT2D eigenvalue weighted by molar-refractivity contribution is 7.91. The molecule has 1 aliphatic carbocycles. The van der Waals surface area contributed by atoms with Gasteiger partial charge in [-0.25, -0.2) is 8.42 Å². The van der Waals surface area contributed by atoms with Crippen molar-refractivity contribution in [3.05, 3.63) is 0 Å². The third-order valence-corrected chi connectivity index (χ3v) is 6.74. The smallest absolute Gasteiger partial charge is 0.152 e. The minimum Gasteiger partial charge on any atom is -0.375 e. The number of ether oxygens (including phenoxy) is 1. The van der Waals surface area contributed by atoms with Gasteiger partial charge in [-0.3, -0.25) is 0 Å². The summed E-state index contributed by atoms with van der Waals surface area (Å²) >= 11 is 0. The van der Waals surface area contributed by atoms with Gasteiger partial charge in [0.25, 0.3) is 0 Å². The quantitative estimate of drug-likeness (QED) is 0.758. The topological polar surface area (TPSA) is 69.4 Å². The number of hydrogen-bond donors (Lipinski definition) is 1. The fraction of sp³-hybridized carbons (Fsp3) is 1.00. The summed E-state index contributed by atoms with van der Waals surface area (Å²) in [7, 11) is -2.90. The highest BCUT2D eigenvalue weighted by Crippen LogP contribution is 2.48. The molecule has 1 spiro atoms. The fourth-order valence-corrected chi connectivity index (χ4v) is 5.69. The lowest BCUT2D eigenvalue weighted by molar-refractivity contribution is -0.150. The Morgan fingerprint density at radius 1 is 1.24 bits per heavy atom. The second kappa shape index (κ2) is 3.68. The van der Waals surface area contributed by atoms with Crippen molar-refractivity contribution < 1.29 is 13.2 Å². The molecule has 2 saturated heterocycles. The highest BCUT2D eigenvalue weighted by atomic mass is 32.2. The lowest BCUT2D eigenvalue weighted by Gasteiger charge is -2.50. The van der Waals surface area contributed by atoms with Crippen molar-refractivity contribution in [3.63, 3.8) is 0 Å². The zero-order valence-corrected chi connectivity index (χ0v) is 11.0. The zero-order valence-electron chi connectivity index (χ0n) is 10.2. The van der Waals surface area contributed by atoms with E-state index >= 15 is 0 Å². The lowest BCUT2D eigenvalue weighted by Crippen LogP contribution is -2.56. The molecule has 0 bridgehead atoms. The van der Waals surface area contributed by atoms with Crippen LogP contribution in [0.1, 0.15) is 38.5 Å². The lowest BCUT2D eigenvalue weighted by atomic mass is 9.67. The zero-order chi connectivity index (χ0) is 12.1. The second-order valence-electron chi connectivity index (χ2n) is 6.15. The predicted molar refractivity (Wildman–Crippen MR) is 65.4 cm³/mol. The van der Waals surface area contributed by atoms with E-state index in [9.17, 15) is 8.42 Å². The van der Waals surface area contributed by atoms with Gasteiger partial charge in [0.2, 0.25) is 0 Å². The molecule has 2 unspecified atom stereocenters. The van der Waals surface area contributed by atoms with E-state index in [-0.39, 0.29) is 17.1 Å². The Bertz CT molecular complexity index is 415. The van der Waals surface area contributed by atoms with Crippen LogP contribution in [0, 0.1) is 5.92 Å². The molecule has 0 radical (unpaired) electrons. The summed E-state index contributed by atoms with van der Waals surface area (Å²) in [6.45, 7) is 0.754. The van der Waals surface area contributed by atoms with Crippen molar-refractivity contribution in [2.45, 2.75) is 49.7 Å². The van der Waals surface area contributed by atoms with E-state index in [4.69, 9.17) is 10.5 Å². The van der Waals surface area contributed by atoms with E-state index < -0.39 is 15.4 Å². The summed E-state index contributed by atoms with van der Waals surface area (Å²) in [5.41, 5.74) is 5.95. The summed E-state index contributed by atoms with van der Waals surface area (Å²) in [5.74, 6) is 0.781. The van der Waals surface area contributed by atoms with Crippen molar-refractivity contribution in [3.8, 4) is 0 Å². The van der Waals surface area contributed by atoms with E-state index in [0.29, 0.717) is 12.3 Å². The Balaban J connectivity index is 1.76. The van der Waals surface area contributed by atoms with E-state index in [2.05, 4.69) is 0 Å². The van der Waals surface area contributed by atoms with Crippen LogP contribution in [0.5, 0.6) is 0 Å². The SMILES string of the molecule is NC1(C2CCOC3(CCC3)C2)CCS(=O)(=O)C1. The Labute approximate surface area is 103 Å². The first-order valence-electron chi connectivity index (χ1n) is 6.57. The van der Waals surface area contributed by atoms with Gasteiger partial charge in [0, 0.05) is 12.1 Å². The van der Waals surface area contributed by atoms with E-state index in [1.165, 1.54) is 6.42 Å². The first-order valence-corrected chi connectivity index (χ1v) is 8.39. The molecule has 0 aromatic rings.